The van der Waals surface area contributed by atoms with E-state index in [1.54, 1.807) is 0 Å². The van der Waals surface area contributed by atoms with Crippen molar-refractivity contribution in [3.8, 4) is 0 Å². The van der Waals surface area contributed by atoms with Crippen molar-refractivity contribution in [3.63, 3.8) is 0 Å². The van der Waals surface area contributed by atoms with Gasteiger partial charge in [0.2, 0.25) is 5.95 Å². The van der Waals surface area contributed by atoms with Gasteiger partial charge in [-0.05, 0) is 50.6 Å². The molecule has 0 amide bonds. The van der Waals surface area contributed by atoms with E-state index in [1.807, 2.05) is 12.1 Å². The molecule has 0 spiro atoms. The highest BCUT2D eigenvalue weighted by molar-refractivity contribution is 5.60. The highest BCUT2D eigenvalue weighted by Crippen LogP contribution is 2.26. The monoisotopic (exact) mass is 384 g/mol. The van der Waals surface area contributed by atoms with Gasteiger partial charge in [0, 0.05) is 43.6 Å². The largest absolute Gasteiger partial charge is 0.373 e. The van der Waals surface area contributed by atoms with Crippen LogP contribution >= 0.6 is 0 Å². The summed E-state index contributed by atoms with van der Waals surface area (Å²) in [6.07, 6.45) is 2.15. The minimum absolute atomic E-state index is 0.267. The summed E-state index contributed by atoms with van der Waals surface area (Å²) in [7, 11) is 2.15. The summed E-state index contributed by atoms with van der Waals surface area (Å²) < 4.78 is 0. The van der Waals surface area contributed by atoms with Crippen LogP contribution in [0.4, 0.5) is 23.1 Å². The zero-order valence-corrected chi connectivity index (χ0v) is 16.2. The van der Waals surface area contributed by atoms with E-state index >= 15 is 0 Å². The summed E-state index contributed by atoms with van der Waals surface area (Å²) in [5.41, 5.74) is 7.96. The van der Waals surface area contributed by atoms with E-state index in [2.05, 4.69) is 54.8 Å². The predicted octanol–water partition coefficient (Wildman–Crippen LogP) is 1.28. The lowest BCUT2D eigenvalue weighted by molar-refractivity contribution is 0.180. The van der Waals surface area contributed by atoms with Gasteiger partial charge in [-0.15, -0.1) is 10.2 Å². The highest BCUT2D eigenvalue weighted by Gasteiger charge is 2.22. The average Bonchev–Trinajstić information content (AvgIpc) is 2.66. The third-order valence-corrected chi connectivity index (χ3v) is 5.43. The Balaban J connectivity index is 1.45. The molecule has 5 N–H and O–H groups in total. The van der Waals surface area contributed by atoms with E-state index in [4.69, 9.17) is 5.73 Å². The first kappa shape index (κ1) is 18.9. The number of anilines is 4. The fourth-order valence-corrected chi connectivity index (χ4v) is 3.39. The van der Waals surface area contributed by atoms with Gasteiger partial charge in [0.1, 0.15) is 5.69 Å². The summed E-state index contributed by atoms with van der Waals surface area (Å²) in [6.45, 7) is 4.23. The van der Waals surface area contributed by atoms with Crippen molar-refractivity contribution < 1.29 is 5.11 Å². The number of hydrogen-bond donors (Lipinski definition) is 4. The molecule has 9 nitrogen and oxygen atoms in total. The lowest BCUT2D eigenvalue weighted by Crippen LogP contribution is -2.44. The summed E-state index contributed by atoms with van der Waals surface area (Å²) in [5, 5.41) is 24.3. The maximum Gasteiger partial charge on any atom is 0.249 e. The molecule has 1 unspecified atom stereocenters. The maximum atomic E-state index is 9.73. The number of aromatic nitrogens is 3. The molecule has 0 radical (unpaired) electrons. The molecule has 1 aromatic heterocycles. The molecule has 1 aromatic carbocycles. The van der Waals surface area contributed by atoms with Crippen LogP contribution in [0.25, 0.3) is 0 Å². The molecule has 1 saturated carbocycles. The van der Waals surface area contributed by atoms with E-state index in [-0.39, 0.29) is 5.69 Å². The van der Waals surface area contributed by atoms with Gasteiger partial charge in [0.15, 0.2) is 12.0 Å². The van der Waals surface area contributed by atoms with E-state index in [0.29, 0.717) is 17.8 Å². The van der Waals surface area contributed by atoms with Crippen LogP contribution in [0.3, 0.4) is 0 Å². The normalized spacial score (nSPS) is 19.2. The molecular formula is C19H28N8O. The molecule has 28 heavy (non-hydrogen) atoms. The number of piperazine rings is 1. The Bertz CT molecular complexity index is 785. The van der Waals surface area contributed by atoms with Crippen LogP contribution in [0.1, 0.15) is 31.2 Å². The number of rotatable bonds is 6. The molecule has 1 aliphatic carbocycles. The first-order valence-corrected chi connectivity index (χ1v) is 9.84. The maximum absolute atomic E-state index is 9.73. The van der Waals surface area contributed by atoms with Crippen LogP contribution in [0.15, 0.2) is 24.3 Å². The zero-order chi connectivity index (χ0) is 19.5. The molecule has 150 valence electrons. The lowest BCUT2D eigenvalue weighted by atomic mass is 9.93. The van der Waals surface area contributed by atoms with Crippen molar-refractivity contribution >= 4 is 23.1 Å². The third kappa shape index (κ3) is 4.32. The van der Waals surface area contributed by atoms with Crippen molar-refractivity contribution in [3.05, 3.63) is 30.0 Å². The SMILES string of the molecule is CN1CCN(c2ccc(Nc3nnc(C(N)O)c(NC4CCC4)n3)cc2)CC1. The average molecular weight is 384 g/mol. The second-order valence-electron chi connectivity index (χ2n) is 7.55. The number of aliphatic hydroxyl groups excluding tert-OH is 1. The van der Waals surface area contributed by atoms with Gasteiger partial charge >= 0.3 is 0 Å². The number of likely N-dealkylation sites (N-methyl/N-ethyl adjacent to an activating group) is 1. The molecule has 2 heterocycles. The second kappa shape index (κ2) is 8.26. The third-order valence-electron chi connectivity index (χ3n) is 5.43. The van der Waals surface area contributed by atoms with E-state index in [0.717, 1.165) is 44.7 Å². The van der Waals surface area contributed by atoms with E-state index in [1.165, 1.54) is 12.1 Å². The van der Waals surface area contributed by atoms with Crippen LogP contribution in [0, 0.1) is 0 Å². The first-order chi connectivity index (χ1) is 13.6. The van der Waals surface area contributed by atoms with Gasteiger partial charge in [-0.25, -0.2) is 0 Å². The van der Waals surface area contributed by atoms with Crippen molar-refractivity contribution in [2.75, 3.05) is 48.8 Å². The number of nitrogens with two attached hydrogens (primary N) is 1. The van der Waals surface area contributed by atoms with Crippen LogP contribution in [-0.4, -0.2) is 64.5 Å². The Kier molecular flexibility index (Phi) is 5.56. The first-order valence-electron chi connectivity index (χ1n) is 9.84. The van der Waals surface area contributed by atoms with Gasteiger partial charge in [0.25, 0.3) is 0 Å². The molecule has 0 bridgehead atoms. The Morgan fingerprint density at radius 1 is 1.11 bits per heavy atom. The van der Waals surface area contributed by atoms with Gasteiger partial charge in [-0.1, -0.05) is 0 Å². The standard InChI is InChI=1S/C19H28N8O/c1-26-9-11-27(12-10-26)15-7-5-14(6-8-15)22-19-23-18(21-13-3-2-4-13)16(17(20)28)24-25-19/h5-8,13,17,28H,2-4,9-12,20H2,1H3,(H2,21,22,23,25). The number of hydrogen-bond acceptors (Lipinski definition) is 9. The summed E-state index contributed by atoms with van der Waals surface area (Å²) in [5.74, 6) is 0.866. The predicted molar refractivity (Wildman–Crippen MR) is 110 cm³/mol. The second-order valence-corrected chi connectivity index (χ2v) is 7.55. The number of benzene rings is 1. The summed E-state index contributed by atoms with van der Waals surface area (Å²) >= 11 is 0. The van der Waals surface area contributed by atoms with Gasteiger partial charge in [-0.3, -0.25) is 0 Å². The minimum atomic E-state index is -1.21. The lowest BCUT2D eigenvalue weighted by Gasteiger charge is -2.34. The Morgan fingerprint density at radius 3 is 2.43 bits per heavy atom. The fraction of sp³-hybridized carbons (Fsp3) is 0.526. The highest BCUT2D eigenvalue weighted by atomic mass is 16.3. The van der Waals surface area contributed by atoms with Crippen LogP contribution < -0.4 is 21.3 Å². The molecule has 2 aromatic rings. The van der Waals surface area contributed by atoms with E-state index in [9.17, 15) is 5.11 Å². The van der Waals surface area contributed by atoms with Crippen LogP contribution in [0.2, 0.25) is 0 Å². The molecule has 9 heteroatoms. The van der Waals surface area contributed by atoms with Crippen molar-refractivity contribution in [1.82, 2.24) is 20.1 Å². The van der Waals surface area contributed by atoms with Crippen LogP contribution in [-0.2, 0) is 0 Å². The van der Waals surface area contributed by atoms with Gasteiger partial charge in [-0.2, -0.15) is 4.98 Å². The van der Waals surface area contributed by atoms with Crippen molar-refractivity contribution in [2.24, 2.45) is 5.73 Å². The zero-order valence-electron chi connectivity index (χ0n) is 16.2. The molecule has 2 aliphatic rings. The summed E-state index contributed by atoms with van der Waals surface area (Å²) in [4.78, 5) is 9.21. The topological polar surface area (TPSA) is 115 Å². The number of nitrogens with zero attached hydrogens (tertiary/aromatic N) is 5. The molecule has 1 saturated heterocycles. The van der Waals surface area contributed by atoms with Crippen molar-refractivity contribution in [2.45, 2.75) is 31.5 Å². The smallest absolute Gasteiger partial charge is 0.249 e. The Labute approximate surface area is 165 Å². The molecule has 1 atom stereocenters. The van der Waals surface area contributed by atoms with E-state index < -0.39 is 6.23 Å². The quantitative estimate of drug-likeness (QED) is 0.547. The van der Waals surface area contributed by atoms with Crippen molar-refractivity contribution in [1.29, 1.82) is 0 Å². The summed E-state index contributed by atoms with van der Waals surface area (Å²) in [6, 6.07) is 8.59. The minimum Gasteiger partial charge on any atom is -0.373 e. The number of aliphatic hydroxyl groups is 1. The van der Waals surface area contributed by atoms with Gasteiger partial charge < -0.3 is 31.3 Å². The molecular weight excluding hydrogens is 356 g/mol. The van der Waals surface area contributed by atoms with Crippen LogP contribution in [0.5, 0.6) is 0 Å². The molecule has 4 rings (SSSR count). The van der Waals surface area contributed by atoms with Gasteiger partial charge in [0.05, 0.1) is 0 Å². The Morgan fingerprint density at radius 2 is 1.82 bits per heavy atom. The fourth-order valence-electron chi connectivity index (χ4n) is 3.39. The molecule has 1 aliphatic heterocycles. The molecule has 2 fully saturated rings. The number of nitrogens with one attached hydrogen (secondary N) is 2. The Hall–Kier alpha value is -2.49.